The molecule has 1 amide bonds. The van der Waals surface area contributed by atoms with Crippen LogP contribution in [0.15, 0.2) is 4.52 Å². The number of rotatable bonds is 8. The van der Waals surface area contributed by atoms with Crippen molar-refractivity contribution in [2.24, 2.45) is 0 Å². The number of aliphatic carboxylic acids is 1. The van der Waals surface area contributed by atoms with E-state index in [2.05, 4.69) is 15.5 Å². The number of amides is 1. The minimum Gasteiger partial charge on any atom is -0.481 e. The number of hydrogen-bond acceptors (Lipinski definition) is 6. The number of aryl methyl sites for hydroxylation is 1. The van der Waals surface area contributed by atoms with Crippen LogP contribution < -0.4 is 5.32 Å². The van der Waals surface area contributed by atoms with Gasteiger partial charge in [-0.2, -0.15) is 4.98 Å². The molecule has 0 saturated heterocycles. The summed E-state index contributed by atoms with van der Waals surface area (Å²) < 4.78 is 9.97. The molecule has 0 fully saturated rings. The van der Waals surface area contributed by atoms with E-state index in [0.29, 0.717) is 18.1 Å². The molecule has 2 N–H and O–H groups in total. The summed E-state index contributed by atoms with van der Waals surface area (Å²) in [5, 5.41) is 14.9. The fraction of sp³-hybridized carbons (Fsp3) is 0.667. The van der Waals surface area contributed by atoms with Crippen molar-refractivity contribution in [3.63, 3.8) is 0 Å². The van der Waals surface area contributed by atoms with E-state index in [9.17, 15) is 9.59 Å². The van der Waals surface area contributed by atoms with Crippen LogP contribution in [0.2, 0.25) is 0 Å². The molecule has 1 aromatic rings. The lowest BCUT2D eigenvalue weighted by atomic mass is 9.98. The van der Waals surface area contributed by atoms with Crippen molar-refractivity contribution in [2.75, 3.05) is 6.61 Å². The molecule has 1 rings (SSSR count). The number of nitrogens with one attached hydrogen (secondary N) is 1. The summed E-state index contributed by atoms with van der Waals surface area (Å²) in [6.45, 7) is 5.11. The maximum atomic E-state index is 11.6. The standard InChI is InChI=1S/C12H19N3O5/c1-8-13-10(20-15-8)7-19-6-9(16)14-12(2,3)5-4-11(17)18/h4-7H2,1-3H3,(H,14,16)(H,17,18). The van der Waals surface area contributed by atoms with E-state index in [1.807, 2.05) is 0 Å². The van der Waals surface area contributed by atoms with Gasteiger partial charge in [0.05, 0.1) is 0 Å². The first-order valence-electron chi connectivity index (χ1n) is 6.18. The molecule has 0 atom stereocenters. The molecule has 1 heterocycles. The lowest BCUT2D eigenvalue weighted by molar-refractivity contribution is -0.138. The molecule has 0 aromatic carbocycles. The first-order valence-corrected chi connectivity index (χ1v) is 6.18. The predicted molar refractivity (Wildman–Crippen MR) is 67.8 cm³/mol. The van der Waals surface area contributed by atoms with Gasteiger partial charge in [0, 0.05) is 12.0 Å². The molecule has 0 aliphatic heterocycles. The number of carbonyl (C=O) groups excluding carboxylic acids is 1. The second kappa shape index (κ2) is 6.99. The van der Waals surface area contributed by atoms with Gasteiger partial charge in [-0.3, -0.25) is 9.59 Å². The van der Waals surface area contributed by atoms with Gasteiger partial charge in [0.1, 0.15) is 13.2 Å². The lowest BCUT2D eigenvalue weighted by Gasteiger charge is -2.25. The maximum Gasteiger partial charge on any atom is 0.303 e. The molecule has 112 valence electrons. The highest BCUT2D eigenvalue weighted by Crippen LogP contribution is 2.11. The summed E-state index contributed by atoms with van der Waals surface area (Å²) in [7, 11) is 0. The number of carbonyl (C=O) groups is 2. The van der Waals surface area contributed by atoms with E-state index < -0.39 is 11.5 Å². The van der Waals surface area contributed by atoms with Gasteiger partial charge < -0.3 is 19.7 Å². The number of hydrogen-bond donors (Lipinski definition) is 2. The van der Waals surface area contributed by atoms with Crippen LogP contribution >= 0.6 is 0 Å². The predicted octanol–water partition coefficient (Wildman–Crippen LogP) is 0.654. The highest BCUT2D eigenvalue weighted by Gasteiger charge is 2.21. The molecule has 20 heavy (non-hydrogen) atoms. The van der Waals surface area contributed by atoms with Crippen molar-refractivity contribution in [3.8, 4) is 0 Å². The topological polar surface area (TPSA) is 115 Å². The number of nitrogens with zero attached hydrogens (tertiary/aromatic N) is 2. The van der Waals surface area contributed by atoms with Gasteiger partial charge in [0.15, 0.2) is 5.82 Å². The molecular formula is C12H19N3O5. The van der Waals surface area contributed by atoms with Crippen molar-refractivity contribution in [3.05, 3.63) is 11.7 Å². The second-order valence-electron chi connectivity index (χ2n) is 5.05. The molecule has 8 heteroatoms. The van der Waals surface area contributed by atoms with E-state index >= 15 is 0 Å². The number of ether oxygens (including phenoxy) is 1. The Hall–Kier alpha value is -1.96. The van der Waals surface area contributed by atoms with Gasteiger partial charge in [-0.25, -0.2) is 0 Å². The van der Waals surface area contributed by atoms with Gasteiger partial charge in [0.25, 0.3) is 5.89 Å². The molecule has 0 aliphatic rings. The average molecular weight is 285 g/mol. The number of carboxylic acid groups (broad SMARTS) is 1. The minimum atomic E-state index is -0.893. The Morgan fingerprint density at radius 1 is 1.45 bits per heavy atom. The Morgan fingerprint density at radius 3 is 2.70 bits per heavy atom. The molecule has 0 saturated carbocycles. The van der Waals surface area contributed by atoms with E-state index in [1.54, 1.807) is 20.8 Å². The molecule has 0 radical (unpaired) electrons. The third-order valence-corrected chi connectivity index (χ3v) is 2.47. The minimum absolute atomic E-state index is 0.00456. The zero-order chi connectivity index (χ0) is 15.2. The van der Waals surface area contributed by atoms with E-state index in [0.717, 1.165) is 0 Å². The second-order valence-corrected chi connectivity index (χ2v) is 5.05. The summed E-state index contributed by atoms with van der Waals surface area (Å²) in [4.78, 5) is 26.1. The van der Waals surface area contributed by atoms with E-state index in [1.165, 1.54) is 0 Å². The molecule has 0 spiro atoms. The van der Waals surface area contributed by atoms with Gasteiger partial charge in [-0.05, 0) is 27.2 Å². The maximum absolute atomic E-state index is 11.6. The largest absolute Gasteiger partial charge is 0.481 e. The van der Waals surface area contributed by atoms with Crippen LogP contribution in [-0.2, 0) is 20.9 Å². The Kier molecular flexibility index (Phi) is 5.63. The number of carboxylic acids is 1. The van der Waals surface area contributed by atoms with Crippen molar-refractivity contribution in [1.82, 2.24) is 15.5 Å². The summed E-state index contributed by atoms with van der Waals surface area (Å²) in [5.74, 6) is -0.407. The molecule has 0 aliphatic carbocycles. The van der Waals surface area contributed by atoms with Gasteiger partial charge in [-0.15, -0.1) is 0 Å². The van der Waals surface area contributed by atoms with Crippen LogP contribution in [0.5, 0.6) is 0 Å². The molecule has 0 bridgehead atoms. The van der Waals surface area contributed by atoms with Crippen LogP contribution in [0.3, 0.4) is 0 Å². The van der Waals surface area contributed by atoms with Crippen molar-refractivity contribution in [1.29, 1.82) is 0 Å². The van der Waals surface area contributed by atoms with E-state index in [-0.39, 0.29) is 25.5 Å². The lowest BCUT2D eigenvalue weighted by Crippen LogP contribution is -2.45. The monoisotopic (exact) mass is 285 g/mol. The van der Waals surface area contributed by atoms with Crippen molar-refractivity contribution < 1.29 is 24.0 Å². The quantitative estimate of drug-likeness (QED) is 0.720. The SMILES string of the molecule is Cc1noc(COCC(=O)NC(C)(C)CCC(=O)O)n1. The average Bonchev–Trinajstić information content (AvgIpc) is 2.72. The van der Waals surface area contributed by atoms with Crippen molar-refractivity contribution in [2.45, 2.75) is 45.8 Å². The first-order chi connectivity index (χ1) is 9.28. The molecule has 0 unspecified atom stereocenters. The summed E-state index contributed by atoms with van der Waals surface area (Å²) in [6.07, 6.45) is 0.340. The summed E-state index contributed by atoms with van der Waals surface area (Å²) in [6, 6.07) is 0. The third-order valence-electron chi connectivity index (χ3n) is 2.47. The van der Waals surface area contributed by atoms with E-state index in [4.69, 9.17) is 14.4 Å². The zero-order valence-electron chi connectivity index (χ0n) is 11.8. The molecule has 8 nitrogen and oxygen atoms in total. The highest BCUT2D eigenvalue weighted by molar-refractivity contribution is 5.78. The van der Waals surface area contributed by atoms with Gasteiger partial charge in [-0.1, -0.05) is 5.16 Å². The van der Waals surface area contributed by atoms with Crippen LogP contribution in [0.1, 0.15) is 38.4 Å². The summed E-state index contributed by atoms with van der Waals surface area (Å²) in [5.41, 5.74) is -0.597. The van der Waals surface area contributed by atoms with Gasteiger partial charge in [0.2, 0.25) is 5.91 Å². The van der Waals surface area contributed by atoms with Crippen LogP contribution in [-0.4, -0.2) is 39.3 Å². The first kappa shape index (κ1) is 16.1. The third kappa shape index (κ3) is 6.28. The van der Waals surface area contributed by atoms with Crippen LogP contribution in [0, 0.1) is 6.92 Å². The Bertz CT molecular complexity index is 469. The Balaban J connectivity index is 2.27. The molecular weight excluding hydrogens is 266 g/mol. The van der Waals surface area contributed by atoms with Crippen LogP contribution in [0.4, 0.5) is 0 Å². The normalized spacial score (nSPS) is 11.3. The van der Waals surface area contributed by atoms with Gasteiger partial charge >= 0.3 is 5.97 Å². The van der Waals surface area contributed by atoms with Crippen LogP contribution in [0.25, 0.3) is 0 Å². The smallest absolute Gasteiger partial charge is 0.303 e. The zero-order valence-corrected chi connectivity index (χ0v) is 11.8. The highest BCUT2D eigenvalue weighted by atomic mass is 16.5. The Labute approximate surface area is 116 Å². The summed E-state index contributed by atoms with van der Waals surface area (Å²) >= 11 is 0. The van der Waals surface area contributed by atoms with Crippen molar-refractivity contribution >= 4 is 11.9 Å². The molecule has 1 aromatic heterocycles. The Morgan fingerprint density at radius 2 is 2.15 bits per heavy atom. The fourth-order valence-electron chi connectivity index (χ4n) is 1.53. The number of aromatic nitrogens is 2. The fourth-order valence-corrected chi connectivity index (χ4v) is 1.53.